The third kappa shape index (κ3) is 3.06. The van der Waals surface area contributed by atoms with Crippen LogP contribution >= 0.6 is 0 Å². The fourth-order valence-corrected chi connectivity index (χ4v) is 2.06. The number of rotatable bonds is 4. The van der Waals surface area contributed by atoms with Crippen LogP contribution in [0.3, 0.4) is 0 Å². The number of nitro groups is 1. The van der Waals surface area contributed by atoms with Crippen molar-refractivity contribution in [3.8, 4) is 5.75 Å². The summed E-state index contributed by atoms with van der Waals surface area (Å²) in [5.74, 6) is 0.124. The molecule has 0 fully saturated rings. The van der Waals surface area contributed by atoms with Gasteiger partial charge in [-0.25, -0.2) is 0 Å². The first-order chi connectivity index (χ1) is 10.4. The summed E-state index contributed by atoms with van der Waals surface area (Å²) in [4.78, 5) is 23.0. The standard InChI is InChI=1S/C16H16N2O4/c1-10-7-8-14(18(20)21)15(11(10)2)17-16(19)12-5-4-6-13(9-12)22-3/h4-9H,1-3H3,(H,17,19). The van der Waals surface area contributed by atoms with Crippen LogP contribution in [-0.2, 0) is 0 Å². The Labute approximate surface area is 127 Å². The van der Waals surface area contributed by atoms with Crippen molar-refractivity contribution in [1.29, 1.82) is 0 Å². The summed E-state index contributed by atoms with van der Waals surface area (Å²) in [6.45, 7) is 3.57. The summed E-state index contributed by atoms with van der Waals surface area (Å²) >= 11 is 0. The number of methoxy groups -OCH3 is 1. The van der Waals surface area contributed by atoms with E-state index in [0.29, 0.717) is 16.9 Å². The van der Waals surface area contributed by atoms with Gasteiger partial charge >= 0.3 is 0 Å². The minimum absolute atomic E-state index is 0.126. The number of nitrogens with one attached hydrogen (secondary N) is 1. The molecule has 0 aliphatic carbocycles. The van der Waals surface area contributed by atoms with E-state index in [2.05, 4.69) is 5.32 Å². The molecule has 0 saturated carbocycles. The molecule has 2 aromatic rings. The van der Waals surface area contributed by atoms with Crippen LogP contribution in [0.15, 0.2) is 36.4 Å². The lowest BCUT2D eigenvalue weighted by atomic mass is 10.1. The molecule has 0 aromatic heterocycles. The Kier molecular flexibility index (Phi) is 4.41. The SMILES string of the molecule is COc1cccc(C(=O)Nc2c([N+](=O)[O-])ccc(C)c2C)c1. The van der Waals surface area contributed by atoms with Gasteiger partial charge in [-0.1, -0.05) is 12.1 Å². The molecule has 0 spiro atoms. The number of anilines is 1. The number of hydrogen-bond acceptors (Lipinski definition) is 4. The lowest BCUT2D eigenvalue weighted by molar-refractivity contribution is -0.384. The maximum absolute atomic E-state index is 12.3. The van der Waals surface area contributed by atoms with E-state index in [4.69, 9.17) is 4.74 Å². The average molecular weight is 300 g/mol. The normalized spacial score (nSPS) is 10.1. The van der Waals surface area contributed by atoms with Crippen molar-refractivity contribution in [1.82, 2.24) is 0 Å². The van der Waals surface area contributed by atoms with E-state index >= 15 is 0 Å². The van der Waals surface area contributed by atoms with E-state index in [1.165, 1.54) is 13.2 Å². The second-order valence-electron chi connectivity index (χ2n) is 4.84. The van der Waals surface area contributed by atoms with Gasteiger partial charge in [0.1, 0.15) is 11.4 Å². The smallest absolute Gasteiger partial charge is 0.293 e. The molecule has 0 aliphatic rings. The van der Waals surface area contributed by atoms with Crippen molar-refractivity contribution >= 4 is 17.3 Å². The van der Waals surface area contributed by atoms with Crippen molar-refractivity contribution in [2.45, 2.75) is 13.8 Å². The summed E-state index contributed by atoms with van der Waals surface area (Å²) in [5.41, 5.74) is 2.00. The number of hydrogen-bond donors (Lipinski definition) is 1. The van der Waals surface area contributed by atoms with Crippen molar-refractivity contribution < 1.29 is 14.5 Å². The zero-order valence-electron chi connectivity index (χ0n) is 12.5. The van der Waals surface area contributed by atoms with Crippen molar-refractivity contribution in [2.24, 2.45) is 0 Å². The zero-order chi connectivity index (χ0) is 16.3. The molecular formula is C16H16N2O4. The van der Waals surface area contributed by atoms with E-state index in [1.54, 1.807) is 37.3 Å². The number of aryl methyl sites for hydroxylation is 1. The van der Waals surface area contributed by atoms with Gasteiger partial charge in [-0.3, -0.25) is 14.9 Å². The highest BCUT2D eigenvalue weighted by Crippen LogP contribution is 2.30. The molecule has 114 valence electrons. The predicted molar refractivity (Wildman–Crippen MR) is 83.5 cm³/mol. The van der Waals surface area contributed by atoms with Crippen LogP contribution in [0.5, 0.6) is 5.75 Å². The van der Waals surface area contributed by atoms with Crippen LogP contribution < -0.4 is 10.1 Å². The fourth-order valence-electron chi connectivity index (χ4n) is 2.06. The Morgan fingerprint density at radius 3 is 2.59 bits per heavy atom. The number of amides is 1. The van der Waals surface area contributed by atoms with Gasteiger partial charge in [0.05, 0.1) is 12.0 Å². The molecule has 0 heterocycles. The maximum atomic E-state index is 12.3. The van der Waals surface area contributed by atoms with Crippen molar-refractivity contribution in [3.63, 3.8) is 0 Å². The van der Waals surface area contributed by atoms with Crippen LogP contribution in [0.4, 0.5) is 11.4 Å². The van der Waals surface area contributed by atoms with Crippen LogP contribution in [0.25, 0.3) is 0 Å². The summed E-state index contributed by atoms with van der Waals surface area (Å²) < 4.78 is 5.07. The average Bonchev–Trinajstić information content (AvgIpc) is 2.51. The Hall–Kier alpha value is -2.89. The monoisotopic (exact) mass is 300 g/mol. The number of nitrogens with zero attached hydrogens (tertiary/aromatic N) is 1. The van der Waals surface area contributed by atoms with Gasteiger partial charge in [0, 0.05) is 11.6 Å². The lowest BCUT2D eigenvalue weighted by Crippen LogP contribution is -2.14. The number of ether oxygens (including phenoxy) is 1. The highest BCUT2D eigenvalue weighted by Gasteiger charge is 2.20. The van der Waals surface area contributed by atoms with Crippen molar-refractivity contribution in [3.05, 3.63) is 63.2 Å². The molecule has 0 atom stereocenters. The number of carbonyl (C=O) groups is 1. The molecule has 1 N–H and O–H groups in total. The minimum Gasteiger partial charge on any atom is -0.497 e. The van der Waals surface area contributed by atoms with Crippen LogP contribution in [0, 0.1) is 24.0 Å². The van der Waals surface area contributed by atoms with E-state index in [9.17, 15) is 14.9 Å². The molecule has 0 radical (unpaired) electrons. The second kappa shape index (κ2) is 6.26. The molecule has 6 heteroatoms. The lowest BCUT2D eigenvalue weighted by Gasteiger charge is -2.11. The predicted octanol–water partition coefficient (Wildman–Crippen LogP) is 3.47. The minimum atomic E-state index is -0.506. The van der Waals surface area contributed by atoms with Gasteiger partial charge in [0.15, 0.2) is 0 Å². The number of carbonyl (C=O) groups excluding carboxylic acids is 1. The second-order valence-corrected chi connectivity index (χ2v) is 4.84. The quantitative estimate of drug-likeness (QED) is 0.692. The maximum Gasteiger partial charge on any atom is 0.293 e. The molecule has 0 aliphatic heterocycles. The Morgan fingerprint density at radius 2 is 1.95 bits per heavy atom. The highest BCUT2D eigenvalue weighted by molar-refractivity contribution is 6.06. The summed E-state index contributed by atoms with van der Waals surface area (Å²) in [5, 5.41) is 13.8. The molecule has 6 nitrogen and oxygen atoms in total. The zero-order valence-corrected chi connectivity index (χ0v) is 12.5. The van der Waals surface area contributed by atoms with Crippen LogP contribution in [-0.4, -0.2) is 17.9 Å². The Bertz CT molecular complexity index is 741. The molecule has 0 bridgehead atoms. The van der Waals surface area contributed by atoms with Gasteiger partial charge in [-0.15, -0.1) is 0 Å². The molecule has 2 aromatic carbocycles. The Balaban J connectivity index is 2.39. The molecule has 2 rings (SSSR count). The first kappa shape index (κ1) is 15.5. The first-order valence-corrected chi connectivity index (χ1v) is 6.64. The topological polar surface area (TPSA) is 81.5 Å². The van der Waals surface area contributed by atoms with Gasteiger partial charge in [0.2, 0.25) is 0 Å². The van der Waals surface area contributed by atoms with Crippen LogP contribution in [0.1, 0.15) is 21.5 Å². The number of benzene rings is 2. The Morgan fingerprint density at radius 1 is 1.23 bits per heavy atom. The van der Waals surface area contributed by atoms with Crippen molar-refractivity contribution in [2.75, 3.05) is 12.4 Å². The molecule has 22 heavy (non-hydrogen) atoms. The third-order valence-corrected chi connectivity index (χ3v) is 3.48. The largest absolute Gasteiger partial charge is 0.497 e. The van der Waals surface area contributed by atoms with E-state index in [-0.39, 0.29) is 11.4 Å². The van der Waals surface area contributed by atoms with E-state index in [1.807, 2.05) is 6.92 Å². The van der Waals surface area contributed by atoms with Gasteiger partial charge in [-0.05, 0) is 43.2 Å². The van der Waals surface area contributed by atoms with Gasteiger partial charge < -0.3 is 10.1 Å². The summed E-state index contributed by atoms with van der Waals surface area (Å²) in [6.07, 6.45) is 0. The van der Waals surface area contributed by atoms with Gasteiger partial charge in [-0.2, -0.15) is 0 Å². The number of nitro benzene ring substituents is 1. The molecule has 0 unspecified atom stereocenters. The highest BCUT2D eigenvalue weighted by atomic mass is 16.6. The third-order valence-electron chi connectivity index (χ3n) is 3.48. The fraction of sp³-hybridized carbons (Fsp3) is 0.188. The molecule has 0 saturated heterocycles. The first-order valence-electron chi connectivity index (χ1n) is 6.64. The van der Waals surface area contributed by atoms with E-state index in [0.717, 1.165) is 5.56 Å². The summed E-state index contributed by atoms with van der Waals surface area (Å²) in [6, 6.07) is 9.65. The summed E-state index contributed by atoms with van der Waals surface area (Å²) in [7, 11) is 1.51. The van der Waals surface area contributed by atoms with Gasteiger partial charge in [0.25, 0.3) is 11.6 Å². The van der Waals surface area contributed by atoms with Crippen LogP contribution in [0.2, 0.25) is 0 Å². The van der Waals surface area contributed by atoms with E-state index < -0.39 is 10.8 Å². The molecular weight excluding hydrogens is 284 g/mol. The molecule has 1 amide bonds.